The third-order valence-electron chi connectivity index (χ3n) is 4.81. The summed E-state index contributed by atoms with van der Waals surface area (Å²) in [5.74, 6) is 0. The summed E-state index contributed by atoms with van der Waals surface area (Å²) >= 11 is 3.81. The van der Waals surface area contributed by atoms with Gasteiger partial charge in [-0.1, -0.05) is 34.1 Å². The van der Waals surface area contributed by atoms with Crippen molar-refractivity contribution < 1.29 is 4.52 Å². The highest BCUT2D eigenvalue weighted by Gasteiger charge is 2.45. The maximum absolute atomic E-state index is 6.64. The van der Waals surface area contributed by atoms with Crippen molar-refractivity contribution in [2.75, 3.05) is 17.8 Å². The van der Waals surface area contributed by atoms with E-state index in [0.29, 0.717) is 17.0 Å². The Morgan fingerprint density at radius 2 is 1.95 bits per heavy atom. The lowest BCUT2D eigenvalue weighted by molar-refractivity contribution is 0.223. The van der Waals surface area contributed by atoms with Gasteiger partial charge < -0.3 is 9.19 Å². The van der Waals surface area contributed by atoms with Crippen LogP contribution in [0.4, 0.5) is 5.69 Å². The third-order valence-corrected chi connectivity index (χ3v) is 8.09. The van der Waals surface area contributed by atoms with E-state index < -0.39 is 8.45 Å². The van der Waals surface area contributed by atoms with Gasteiger partial charge in [0.1, 0.15) is 0 Å². The number of alkyl halides is 1. The molecule has 0 bridgehead atoms. The summed E-state index contributed by atoms with van der Waals surface area (Å²) in [6.45, 7) is 2.34. The van der Waals surface area contributed by atoms with Crippen molar-refractivity contribution in [1.29, 1.82) is 0 Å². The summed E-state index contributed by atoms with van der Waals surface area (Å²) in [6.07, 6.45) is 6.80. The zero-order valence-electron chi connectivity index (χ0n) is 12.2. The van der Waals surface area contributed by atoms with Crippen LogP contribution in [0, 0.1) is 0 Å². The van der Waals surface area contributed by atoms with Gasteiger partial charge in [-0.3, -0.25) is 0 Å². The molecular formula is C16H22BrN2OP. The number of hydrogen-bond acceptors (Lipinski definition) is 3. The van der Waals surface area contributed by atoms with Crippen LogP contribution in [0.1, 0.15) is 32.1 Å². The van der Waals surface area contributed by atoms with Crippen molar-refractivity contribution >= 4 is 30.1 Å². The Balaban J connectivity index is 1.57. The molecule has 3 fully saturated rings. The molecule has 4 atom stereocenters. The monoisotopic (exact) mass is 368 g/mol. The molecule has 1 aromatic rings. The van der Waals surface area contributed by atoms with Crippen molar-refractivity contribution in [3.63, 3.8) is 0 Å². The maximum atomic E-state index is 6.64. The molecular weight excluding hydrogens is 347 g/mol. The molecule has 0 aromatic heterocycles. The van der Waals surface area contributed by atoms with Gasteiger partial charge in [0.05, 0.1) is 6.10 Å². The quantitative estimate of drug-likeness (QED) is 0.575. The van der Waals surface area contributed by atoms with Crippen molar-refractivity contribution in [3.05, 3.63) is 30.3 Å². The Morgan fingerprint density at radius 3 is 2.71 bits per heavy atom. The van der Waals surface area contributed by atoms with E-state index in [9.17, 15) is 0 Å². The molecule has 0 amide bonds. The van der Waals surface area contributed by atoms with Crippen LogP contribution in [0.3, 0.4) is 0 Å². The van der Waals surface area contributed by atoms with Crippen molar-refractivity contribution in [1.82, 2.24) is 4.67 Å². The Labute approximate surface area is 136 Å². The molecule has 3 nitrogen and oxygen atoms in total. The summed E-state index contributed by atoms with van der Waals surface area (Å²) in [6, 6.07) is 11.5. The van der Waals surface area contributed by atoms with Gasteiger partial charge >= 0.3 is 0 Å². The lowest BCUT2D eigenvalue weighted by Crippen LogP contribution is -2.24. The lowest BCUT2D eigenvalue weighted by atomic mass is 10.2. The van der Waals surface area contributed by atoms with Crippen LogP contribution in [-0.2, 0) is 4.52 Å². The average molecular weight is 369 g/mol. The van der Waals surface area contributed by atoms with E-state index in [2.05, 4.69) is 55.6 Å². The number of halogens is 1. The van der Waals surface area contributed by atoms with Gasteiger partial charge in [0.25, 0.3) is 0 Å². The minimum absolute atomic E-state index is 0.390. The highest BCUT2D eigenvalue weighted by molar-refractivity contribution is 9.09. The van der Waals surface area contributed by atoms with Crippen molar-refractivity contribution in [2.24, 2.45) is 0 Å². The average Bonchev–Trinajstić information content (AvgIpc) is 3.19. The van der Waals surface area contributed by atoms with Crippen LogP contribution in [0.5, 0.6) is 0 Å². The molecule has 0 radical (unpaired) electrons. The number of fused-ring (bicyclic) bond motifs is 1. The summed E-state index contributed by atoms with van der Waals surface area (Å²) < 4.78 is 11.8. The first-order chi connectivity index (χ1) is 10.3. The first-order valence-corrected chi connectivity index (χ1v) is 10.1. The van der Waals surface area contributed by atoms with E-state index in [4.69, 9.17) is 4.52 Å². The standard InChI is InChI=1S/C16H22BrN2OP/c17-15-9-4-10-16(15)20-21-18-11-5-8-14(18)12-19(21)13-6-2-1-3-7-13/h1-3,6-7,14-16H,4-5,8-12H2. The minimum Gasteiger partial charge on any atom is -0.322 e. The van der Waals surface area contributed by atoms with Crippen LogP contribution in [-0.4, -0.2) is 34.7 Å². The Kier molecular flexibility index (Phi) is 4.23. The normalized spacial score (nSPS) is 36.3. The highest BCUT2D eigenvalue weighted by Crippen LogP contribution is 2.58. The summed E-state index contributed by atoms with van der Waals surface area (Å²) in [5, 5.41) is 0. The maximum Gasteiger partial charge on any atom is 0.218 e. The van der Waals surface area contributed by atoms with E-state index >= 15 is 0 Å². The van der Waals surface area contributed by atoms with Crippen LogP contribution in [0.25, 0.3) is 0 Å². The Bertz CT molecular complexity index is 488. The second-order valence-electron chi connectivity index (χ2n) is 6.22. The number of benzene rings is 1. The van der Waals surface area contributed by atoms with E-state index in [1.807, 2.05) is 0 Å². The van der Waals surface area contributed by atoms with Crippen LogP contribution < -0.4 is 4.67 Å². The molecule has 0 N–H and O–H groups in total. The van der Waals surface area contributed by atoms with Crippen molar-refractivity contribution in [3.8, 4) is 0 Å². The van der Waals surface area contributed by atoms with Gasteiger partial charge in [0.2, 0.25) is 8.45 Å². The minimum atomic E-state index is -0.626. The second-order valence-corrected chi connectivity index (χ2v) is 9.11. The van der Waals surface area contributed by atoms with Gasteiger partial charge in [0.15, 0.2) is 0 Å². The largest absolute Gasteiger partial charge is 0.322 e. The fraction of sp³-hybridized carbons (Fsp3) is 0.625. The molecule has 114 valence electrons. The highest BCUT2D eigenvalue weighted by atomic mass is 79.9. The lowest BCUT2D eigenvalue weighted by Gasteiger charge is -2.32. The van der Waals surface area contributed by atoms with E-state index in [-0.39, 0.29) is 0 Å². The summed E-state index contributed by atoms with van der Waals surface area (Å²) in [5.41, 5.74) is 1.32. The zero-order chi connectivity index (χ0) is 14.2. The molecule has 21 heavy (non-hydrogen) atoms. The predicted molar refractivity (Wildman–Crippen MR) is 91.9 cm³/mol. The summed E-state index contributed by atoms with van der Waals surface area (Å²) in [7, 11) is -0.626. The fourth-order valence-electron chi connectivity index (χ4n) is 3.68. The Morgan fingerprint density at radius 1 is 1.10 bits per heavy atom. The van der Waals surface area contributed by atoms with E-state index in [1.165, 1.54) is 44.3 Å². The number of nitrogens with zero attached hydrogens (tertiary/aromatic N) is 2. The summed E-state index contributed by atoms with van der Waals surface area (Å²) in [4.78, 5) is 0.541. The molecule has 2 heterocycles. The second kappa shape index (κ2) is 6.16. The van der Waals surface area contributed by atoms with Crippen LogP contribution in [0.15, 0.2) is 30.3 Å². The van der Waals surface area contributed by atoms with Gasteiger partial charge in [0, 0.05) is 29.6 Å². The number of rotatable bonds is 3. The smallest absolute Gasteiger partial charge is 0.218 e. The number of hydrogen-bond donors (Lipinski definition) is 0. The molecule has 2 aliphatic heterocycles. The molecule has 0 spiro atoms. The predicted octanol–water partition coefficient (Wildman–Crippen LogP) is 4.53. The third kappa shape index (κ3) is 2.76. The Hall–Kier alpha value is -0.150. The molecule has 1 aromatic carbocycles. The SMILES string of the molecule is BrC1CCCC1OP1N(c2ccccc2)CC2CCCN21. The van der Waals surface area contributed by atoms with Crippen molar-refractivity contribution in [2.45, 2.75) is 49.1 Å². The van der Waals surface area contributed by atoms with Gasteiger partial charge in [-0.15, -0.1) is 0 Å². The van der Waals surface area contributed by atoms with Gasteiger partial charge in [-0.2, -0.15) is 0 Å². The van der Waals surface area contributed by atoms with E-state index in [1.54, 1.807) is 0 Å². The number of para-hydroxylation sites is 1. The zero-order valence-corrected chi connectivity index (χ0v) is 14.7. The molecule has 4 unspecified atom stereocenters. The fourth-order valence-corrected chi connectivity index (χ4v) is 6.99. The molecule has 4 rings (SSSR count). The molecule has 5 heteroatoms. The van der Waals surface area contributed by atoms with Gasteiger partial charge in [-0.05, 0) is 44.2 Å². The molecule has 3 aliphatic rings. The van der Waals surface area contributed by atoms with Crippen LogP contribution in [0.2, 0.25) is 0 Å². The first kappa shape index (κ1) is 14.4. The molecule has 2 saturated heterocycles. The van der Waals surface area contributed by atoms with Crippen LogP contribution >= 0.6 is 24.4 Å². The molecule has 1 saturated carbocycles. The number of anilines is 1. The topological polar surface area (TPSA) is 15.7 Å². The van der Waals surface area contributed by atoms with Gasteiger partial charge in [-0.25, -0.2) is 4.67 Å². The van der Waals surface area contributed by atoms with E-state index in [0.717, 1.165) is 6.54 Å². The first-order valence-electron chi connectivity index (χ1n) is 8.03. The molecule has 1 aliphatic carbocycles.